The van der Waals surface area contributed by atoms with E-state index in [1.165, 1.54) is 25.7 Å². The van der Waals surface area contributed by atoms with Crippen LogP contribution in [0.2, 0.25) is 0 Å². The van der Waals surface area contributed by atoms with E-state index in [0.29, 0.717) is 19.4 Å². The Bertz CT molecular complexity index is 1280. The Morgan fingerprint density at radius 3 is 1.55 bits per heavy atom. The van der Waals surface area contributed by atoms with Crippen LogP contribution in [0, 0.1) is 0 Å². The summed E-state index contributed by atoms with van der Waals surface area (Å²) in [6.07, 6.45) is 33.8. The van der Waals surface area contributed by atoms with Gasteiger partial charge in [-0.05, 0) is 70.6 Å². The van der Waals surface area contributed by atoms with E-state index in [1.54, 1.807) is 0 Å². The topological polar surface area (TPSA) is 192 Å². The molecule has 1 rings (SSSR count). The van der Waals surface area contributed by atoms with Gasteiger partial charge in [-0.1, -0.05) is 137 Å². The number of hydrogen-bond donors (Lipinski definition) is 6. The van der Waals surface area contributed by atoms with Gasteiger partial charge in [0.25, 0.3) is 0 Å². The van der Waals surface area contributed by atoms with Crippen LogP contribution in [-0.4, -0.2) is 98.9 Å². The SMILES string of the molecule is CC/C=C\C/C=C\C/C=C\C/C=C\C/C=C\C/C=C\CCC(=O)OC(COCCCCCCCC/C=C\CCCC)COP(=O)(O)OC1C(O)C(O)C(O)C(O)C1O. The van der Waals surface area contributed by atoms with E-state index in [2.05, 4.69) is 86.8 Å². The van der Waals surface area contributed by atoms with Gasteiger partial charge in [-0.25, -0.2) is 4.57 Å². The number of ether oxygens (including phenoxy) is 2. The molecule has 1 fully saturated rings. The zero-order valence-electron chi connectivity index (χ0n) is 35.1. The molecule has 1 saturated carbocycles. The van der Waals surface area contributed by atoms with E-state index in [-0.39, 0.29) is 13.0 Å². The number of phosphoric acid groups is 1. The molecule has 0 radical (unpaired) electrons. The third-order valence-electron chi connectivity index (χ3n) is 9.27. The van der Waals surface area contributed by atoms with Gasteiger partial charge in [0.1, 0.15) is 42.7 Å². The quantitative estimate of drug-likeness (QED) is 0.0158. The van der Waals surface area contributed by atoms with Crippen molar-refractivity contribution in [2.75, 3.05) is 19.8 Å². The summed E-state index contributed by atoms with van der Waals surface area (Å²) in [5.74, 6) is -0.566. The largest absolute Gasteiger partial charge is 0.472 e. The first-order valence-corrected chi connectivity index (χ1v) is 22.9. The van der Waals surface area contributed by atoms with Crippen molar-refractivity contribution in [3.8, 4) is 0 Å². The zero-order valence-corrected chi connectivity index (χ0v) is 35.9. The Hall–Kier alpha value is -2.48. The summed E-state index contributed by atoms with van der Waals surface area (Å²) in [4.78, 5) is 23.1. The molecular weight excluding hydrogens is 763 g/mol. The molecule has 13 heteroatoms. The van der Waals surface area contributed by atoms with E-state index < -0.39 is 63.1 Å². The maximum Gasteiger partial charge on any atom is 0.472 e. The molecule has 0 spiro atoms. The van der Waals surface area contributed by atoms with Gasteiger partial charge in [-0.15, -0.1) is 0 Å². The second-order valence-electron chi connectivity index (χ2n) is 14.5. The Labute approximate surface area is 348 Å². The fraction of sp³-hybridized carbons (Fsp3) is 0.667. The molecule has 0 aromatic rings. The third kappa shape index (κ3) is 27.3. The molecule has 6 atom stereocenters. The number of carbonyl (C=O) groups excluding carboxylic acids is 1. The minimum atomic E-state index is -5.04. The van der Waals surface area contributed by atoms with Crippen LogP contribution in [0.15, 0.2) is 85.1 Å². The smallest absolute Gasteiger partial charge is 0.457 e. The van der Waals surface area contributed by atoms with Crippen molar-refractivity contribution in [1.82, 2.24) is 0 Å². The minimum absolute atomic E-state index is 0.0546. The number of hydrogen-bond acceptors (Lipinski definition) is 11. The molecule has 0 aromatic heterocycles. The molecule has 0 aliphatic heterocycles. The van der Waals surface area contributed by atoms with Crippen LogP contribution in [-0.2, 0) is 27.9 Å². The van der Waals surface area contributed by atoms with Gasteiger partial charge < -0.3 is 39.9 Å². The van der Waals surface area contributed by atoms with Crippen molar-refractivity contribution in [1.29, 1.82) is 0 Å². The van der Waals surface area contributed by atoms with E-state index in [0.717, 1.165) is 70.6 Å². The summed E-state index contributed by atoms with van der Waals surface area (Å²) in [6.45, 7) is 3.98. The van der Waals surface area contributed by atoms with Crippen LogP contribution < -0.4 is 0 Å². The molecule has 6 unspecified atom stereocenters. The average molecular weight is 839 g/mol. The number of unbranched alkanes of at least 4 members (excludes halogenated alkanes) is 8. The molecule has 6 N–H and O–H groups in total. The first-order valence-electron chi connectivity index (χ1n) is 21.4. The molecule has 12 nitrogen and oxygen atoms in total. The molecule has 58 heavy (non-hydrogen) atoms. The zero-order chi connectivity index (χ0) is 42.7. The summed E-state index contributed by atoms with van der Waals surface area (Å²) in [7, 11) is -5.04. The summed E-state index contributed by atoms with van der Waals surface area (Å²) < 4.78 is 34.0. The summed E-state index contributed by atoms with van der Waals surface area (Å²) in [6, 6.07) is 0. The standard InChI is InChI=1S/C45H75O12P/c1-3-5-7-9-11-13-15-17-18-19-20-21-22-23-24-26-28-30-32-34-39(46)56-38(36-54-35-33-31-29-27-25-16-14-12-10-8-6-4-2)37-55-58(52,53)57-45-43(50)41(48)40(47)42(49)44(45)51/h5,7,10-13,17-18,20-21,23-24,28,30,38,40-45,47-51H,3-4,6,8-9,14-16,19,22,25-27,29,31-37H2,1-2H3,(H,52,53)/b7-5-,12-10-,13-11-,18-17-,21-20-,24-23-,30-28-. The lowest BCUT2D eigenvalue weighted by Gasteiger charge is -2.41. The number of phosphoric ester groups is 1. The Balaban J connectivity index is 2.50. The van der Waals surface area contributed by atoms with Crippen molar-refractivity contribution in [2.24, 2.45) is 0 Å². The fourth-order valence-corrected chi connectivity index (χ4v) is 6.80. The number of allylic oxidation sites excluding steroid dienone is 14. The second-order valence-corrected chi connectivity index (χ2v) is 15.9. The molecule has 0 saturated heterocycles. The van der Waals surface area contributed by atoms with Gasteiger partial charge in [-0.2, -0.15) is 0 Å². The van der Waals surface area contributed by atoms with Crippen LogP contribution in [0.25, 0.3) is 0 Å². The molecule has 332 valence electrons. The van der Waals surface area contributed by atoms with E-state index >= 15 is 0 Å². The van der Waals surface area contributed by atoms with Crippen LogP contribution in [0.5, 0.6) is 0 Å². The molecule has 1 aliphatic rings. The van der Waals surface area contributed by atoms with Gasteiger partial charge in [0, 0.05) is 13.0 Å². The van der Waals surface area contributed by atoms with E-state index in [9.17, 15) is 39.8 Å². The summed E-state index contributed by atoms with van der Waals surface area (Å²) in [5.41, 5.74) is 0. The molecular formula is C45H75O12P. The first kappa shape index (κ1) is 53.5. The van der Waals surface area contributed by atoms with E-state index in [4.69, 9.17) is 18.5 Å². The lowest BCUT2D eigenvalue weighted by Crippen LogP contribution is -2.64. The highest BCUT2D eigenvalue weighted by Gasteiger charge is 2.51. The number of esters is 1. The first-order chi connectivity index (χ1) is 28.0. The number of carbonyl (C=O) groups is 1. The van der Waals surface area contributed by atoms with Gasteiger partial charge >= 0.3 is 13.8 Å². The summed E-state index contributed by atoms with van der Waals surface area (Å²) in [5, 5.41) is 50.1. The van der Waals surface area contributed by atoms with Crippen LogP contribution in [0.4, 0.5) is 0 Å². The van der Waals surface area contributed by atoms with Crippen molar-refractivity contribution < 1.29 is 58.3 Å². The van der Waals surface area contributed by atoms with Crippen molar-refractivity contribution in [2.45, 2.75) is 172 Å². The number of aliphatic hydroxyl groups excluding tert-OH is 5. The summed E-state index contributed by atoms with van der Waals surface area (Å²) >= 11 is 0. The van der Waals surface area contributed by atoms with Crippen LogP contribution >= 0.6 is 7.82 Å². The van der Waals surface area contributed by atoms with Crippen LogP contribution in [0.1, 0.15) is 129 Å². The Morgan fingerprint density at radius 2 is 1.02 bits per heavy atom. The average Bonchev–Trinajstić information content (AvgIpc) is 3.21. The molecule has 0 amide bonds. The molecule has 1 aliphatic carbocycles. The van der Waals surface area contributed by atoms with Gasteiger partial charge in [0.05, 0.1) is 13.2 Å². The third-order valence-corrected chi connectivity index (χ3v) is 10.3. The Kier molecular flexibility index (Phi) is 32.6. The second kappa shape index (κ2) is 35.3. The number of aliphatic hydroxyl groups is 5. The predicted octanol–water partition coefficient (Wildman–Crippen LogP) is 8.19. The van der Waals surface area contributed by atoms with Gasteiger partial charge in [0.2, 0.25) is 0 Å². The van der Waals surface area contributed by atoms with Crippen molar-refractivity contribution >= 4 is 13.8 Å². The monoisotopic (exact) mass is 838 g/mol. The van der Waals surface area contributed by atoms with Crippen molar-refractivity contribution in [3.05, 3.63) is 85.1 Å². The van der Waals surface area contributed by atoms with E-state index in [1.807, 2.05) is 12.2 Å². The molecule has 0 heterocycles. The fourth-order valence-electron chi connectivity index (χ4n) is 5.83. The number of rotatable bonds is 34. The van der Waals surface area contributed by atoms with Gasteiger partial charge in [-0.3, -0.25) is 13.8 Å². The predicted molar refractivity (Wildman–Crippen MR) is 230 cm³/mol. The lowest BCUT2D eigenvalue weighted by atomic mass is 9.85. The molecule has 0 bridgehead atoms. The minimum Gasteiger partial charge on any atom is -0.457 e. The Morgan fingerprint density at radius 1 is 0.569 bits per heavy atom. The normalized spacial score (nSPS) is 23.5. The lowest BCUT2D eigenvalue weighted by molar-refractivity contribution is -0.220. The highest BCUT2D eigenvalue weighted by atomic mass is 31.2. The molecule has 0 aromatic carbocycles. The highest BCUT2D eigenvalue weighted by Crippen LogP contribution is 2.47. The van der Waals surface area contributed by atoms with Crippen LogP contribution in [0.3, 0.4) is 0 Å². The highest BCUT2D eigenvalue weighted by molar-refractivity contribution is 7.47. The maximum atomic E-state index is 12.8. The maximum absolute atomic E-state index is 12.8. The van der Waals surface area contributed by atoms with Gasteiger partial charge in [0.15, 0.2) is 0 Å². The van der Waals surface area contributed by atoms with Crippen molar-refractivity contribution in [3.63, 3.8) is 0 Å².